The molecule has 0 amide bonds. The van der Waals surface area contributed by atoms with Gasteiger partial charge in [0, 0.05) is 10.5 Å². The van der Waals surface area contributed by atoms with E-state index in [2.05, 4.69) is 24.1 Å². The minimum absolute atomic E-state index is 0.322. The summed E-state index contributed by atoms with van der Waals surface area (Å²) in [6.07, 6.45) is 1.68. The van der Waals surface area contributed by atoms with Gasteiger partial charge in [0.05, 0.1) is 17.9 Å². The molecule has 1 fully saturated rings. The zero-order valence-corrected chi connectivity index (χ0v) is 9.27. The number of nitrogens with two attached hydrogens (primary N) is 1. The van der Waals surface area contributed by atoms with Crippen molar-refractivity contribution in [2.24, 2.45) is 0 Å². The normalized spacial score (nSPS) is 24.0. The van der Waals surface area contributed by atoms with Gasteiger partial charge in [-0.3, -0.25) is 0 Å². The van der Waals surface area contributed by atoms with Crippen LogP contribution in [0, 0.1) is 0 Å². The average molecular weight is 209 g/mol. The van der Waals surface area contributed by atoms with E-state index in [0.29, 0.717) is 16.5 Å². The minimum Gasteiger partial charge on any atom is -0.397 e. The van der Waals surface area contributed by atoms with Crippen LogP contribution < -0.4 is 11.1 Å². The Morgan fingerprint density at radius 3 is 2.79 bits per heavy atom. The van der Waals surface area contributed by atoms with Gasteiger partial charge in [0.15, 0.2) is 0 Å². The van der Waals surface area contributed by atoms with Gasteiger partial charge in [-0.2, -0.15) is 11.8 Å². The summed E-state index contributed by atoms with van der Waals surface area (Å²) in [6.45, 7) is 4.49. The third-order valence-corrected chi connectivity index (χ3v) is 4.10. The number of aromatic nitrogens is 1. The van der Waals surface area contributed by atoms with E-state index in [4.69, 9.17) is 5.73 Å². The van der Waals surface area contributed by atoms with Crippen molar-refractivity contribution < 1.29 is 0 Å². The van der Waals surface area contributed by atoms with Crippen molar-refractivity contribution >= 4 is 23.3 Å². The van der Waals surface area contributed by atoms with Crippen LogP contribution >= 0.6 is 11.8 Å². The zero-order chi connectivity index (χ0) is 10.2. The number of nitrogens with one attached hydrogen (secondary N) is 1. The molecule has 2 heterocycles. The highest BCUT2D eigenvalue weighted by molar-refractivity contribution is 8.02. The van der Waals surface area contributed by atoms with E-state index in [0.717, 1.165) is 11.6 Å². The molecule has 1 aromatic heterocycles. The molecule has 1 saturated heterocycles. The van der Waals surface area contributed by atoms with Crippen molar-refractivity contribution in [3.8, 4) is 0 Å². The highest BCUT2D eigenvalue weighted by Gasteiger charge is 2.39. The first-order chi connectivity index (χ1) is 6.58. The first-order valence-corrected chi connectivity index (χ1v) is 5.68. The molecule has 3 N–H and O–H groups in total. The lowest BCUT2D eigenvalue weighted by molar-refractivity contribution is 0.575. The van der Waals surface area contributed by atoms with E-state index in [1.165, 1.54) is 0 Å². The van der Waals surface area contributed by atoms with E-state index >= 15 is 0 Å². The number of nitrogens with zero attached hydrogens (tertiary/aromatic N) is 1. The molecule has 1 aromatic rings. The molecule has 2 rings (SSSR count). The number of hydrogen-bond donors (Lipinski definition) is 2. The Hall–Kier alpha value is -0.900. The molecule has 0 saturated carbocycles. The van der Waals surface area contributed by atoms with Gasteiger partial charge in [-0.25, -0.2) is 4.98 Å². The Bertz CT molecular complexity index is 321. The van der Waals surface area contributed by atoms with Gasteiger partial charge in [0.1, 0.15) is 5.82 Å². The van der Waals surface area contributed by atoms with Crippen LogP contribution in [0.25, 0.3) is 0 Å². The number of thioether (sulfide) groups is 1. The maximum absolute atomic E-state index is 5.56. The first kappa shape index (κ1) is 9.65. The highest BCUT2D eigenvalue weighted by Crippen LogP contribution is 2.41. The van der Waals surface area contributed by atoms with Crippen LogP contribution in [-0.2, 0) is 0 Å². The molecule has 0 aliphatic carbocycles. The monoisotopic (exact) mass is 209 g/mol. The summed E-state index contributed by atoms with van der Waals surface area (Å²) in [5.74, 6) is 2.07. The average Bonchev–Trinajstić information content (AvgIpc) is 2.15. The first-order valence-electron chi connectivity index (χ1n) is 4.70. The maximum Gasteiger partial charge on any atom is 0.126 e. The molecule has 1 atom stereocenters. The second-order valence-corrected chi connectivity index (χ2v) is 5.76. The third kappa shape index (κ3) is 1.80. The number of anilines is 2. The van der Waals surface area contributed by atoms with Crippen molar-refractivity contribution in [1.29, 1.82) is 0 Å². The van der Waals surface area contributed by atoms with Crippen molar-refractivity contribution in [2.75, 3.05) is 16.8 Å². The van der Waals surface area contributed by atoms with Crippen LogP contribution in [0.3, 0.4) is 0 Å². The van der Waals surface area contributed by atoms with E-state index in [1.807, 2.05) is 23.9 Å². The van der Waals surface area contributed by atoms with E-state index < -0.39 is 0 Å². The van der Waals surface area contributed by atoms with Gasteiger partial charge in [-0.05, 0) is 26.0 Å². The Kier molecular flexibility index (Phi) is 2.31. The molecular weight excluding hydrogens is 194 g/mol. The predicted molar refractivity (Wildman–Crippen MR) is 62.6 cm³/mol. The van der Waals surface area contributed by atoms with Crippen LogP contribution in [0.4, 0.5) is 11.5 Å². The quantitative estimate of drug-likeness (QED) is 0.782. The SMILES string of the molecule is CC1(C)SCC1Nc1ccc(N)cn1. The number of nitrogen functional groups attached to an aromatic ring is 1. The molecule has 0 aromatic carbocycles. The smallest absolute Gasteiger partial charge is 0.126 e. The minimum atomic E-state index is 0.322. The lowest BCUT2D eigenvalue weighted by Gasteiger charge is -2.44. The van der Waals surface area contributed by atoms with Crippen LogP contribution in [0.2, 0.25) is 0 Å². The fourth-order valence-electron chi connectivity index (χ4n) is 1.38. The molecule has 1 aliphatic heterocycles. The second kappa shape index (κ2) is 3.35. The van der Waals surface area contributed by atoms with Crippen LogP contribution in [0.15, 0.2) is 18.3 Å². The molecule has 0 bridgehead atoms. The summed E-state index contributed by atoms with van der Waals surface area (Å²) in [6, 6.07) is 4.31. The van der Waals surface area contributed by atoms with Gasteiger partial charge >= 0.3 is 0 Å². The summed E-state index contributed by atoms with van der Waals surface area (Å²) in [4.78, 5) is 4.22. The number of rotatable bonds is 2. The Labute approximate surface area is 88.5 Å². The van der Waals surface area contributed by atoms with Gasteiger partial charge < -0.3 is 11.1 Å². The van der Waals surface area contributed by atoms with E-state index in [9.17, 15) is 0 Å². The topological polar surface area (TPSA) is 50.9 Å². The van der Waals surface area contributed by atoms with Crippen molar-refractivity contribution in [3.63, 3.8) is 0 Å². The Balaban J connectivity index is 2.01. The van der Waals surface area contributed by atoms with Gasteiger partial charge in [-0.15, -0.1) is 0 Å². The molecule has 1 unspecified atom stereocenters. The molecule has 1 aliphatic rings. The van der Waals surface area contributed by atoms with Gasteiger partial charge in [0.25, 0.3) is 0 Å². The second-order valence-electron chi connectivity index (χ2n) is 4.09. The summed E-state index contributed by atoms with van der Waals surface area (Å²) in [5.41, 5.74) is 6.27. The summed E-state index contributed by atoms with van der Waals surface area (Å²) < 4.78 is 0.322. The van der Waals surface area contributed by atoms with E-state index in [-0.39, 0.29) is 0 Å². The van der Waals surface area contributed by atoms with Crippen molar-refractivity contribution in [2.45, 2.75) is 24.6 Å². The van der Waals surface area contributed by atoms with Crippen LogP contribution in [0.1, 0.15) is 13.8 Å². The molecule has 3 nitrogen and oxygen atoms in total. The fourth-order valence-corrected chi connectivity index (χ4v) is 2.53. The number of hydrogen-bond acceptors (Lipinski definition) is 4. The summed E-state index contributed by atoms with van der Waals surface area (Å²) >= 11 is 1.98. The molecule has 0 radical (unpaired) electrons. The lowest BCUT2D eigenvalue weighted by Crippen LogP contribution is -2.50. The molecule has 76 valence electrons. The Morgan fingerprint density at radius 2 is 2.36 bits per heavy atom. The summed E-state index contributed by atoms with van der Waals surface area (Å²) in [7, 11) is 0. The van der Waals surface area contributed by atoms with Crippen molar-refractivity contribution in [1.82, 2.24) is 4.98 Å². The van der Waals surface area contributed by atoms with E-state index in [1.54, 1.807) is 6.20 Å². The predicted octanol–water partition coefficient (Wildman–Crippen LogP) is 1.97. The van der Waals surface area contributed by atoms with Crippen LogP contribution in [-0.4, -0.2) is 21.5 Å². The van der Waals surface area contributed by atoms with Gasteiger partial charge in [0.2, 0.25) is 0 Å². The molecule has 14 heavy (non-hydrogen) atoms. The van der Waals surface area contributed by atoms with Gasteiger partial charge in [-0.1, -0.05) is 0 Å². The fraction of sp³-hybridized carbons (Fsp3) is 0.500. The van der Waals surface area contributed by atoms with Crippen molar-refractivity contribution in [3.05, 3.63) is 18.3 Å². The van der Waals surface area contributed by atoms with Crippen LogP contribution in [0.5, 0.6) is 0 Å². The highest BCUT2D eigenvalue weighted by atomic mass is 32.2. The molecule has 4 heteroatoms. The molecular formula is C10H15N3S. The Morgan fingerprint density at radius 1 is 1.57 bits per heavy atom. The summed E-state index contributed by atoms with van der Waals surface area (Å²) in [5, 5.41) is 3.41. The number of pyridine rings is 1. The standard InChI is InChI=1S/C10H15N3S/c1-10(2)8(6-14-10)13-9-4-3-7(11)5-12-9/h3-5,8H,6,11H2,1-2H3,(H,12,13). The lowest BCUT2D eigenvalue weighted by atomic mass is 10.0. The zero-order valence-electron chi connectivity index (χ0n) is 8.45. The molecule has 0 spiro atoms. The maximum atomic E-state index is 5.56. The largest absolute Gasteiger partial charge is 0.397 e. The third-order valence-electron chi connectivity index (χ3n) is 2.57.